The fraction of sp³-hybridized carbons (Fsp3) is 0.600. The summed E-state index contributed by atoms with van der Waals surface area (Å²) in [5.74, 6) is 0. The quantitative estimate of drug-likeness (QED) is 0.769. The average molecular weight is 285 g/mol. The molecule has 0 aromatic carbocycles. The van der Waals surface area contributed by atoms with Crippen LogP contribution in [-0.4, -0.2) is 46.6 Å². The number of methoxy groups -OCH3 is 1. The molecule has 2 aromatic rings. The maximum atomic E-state index is 4.96. The standard InChI is InChI=1S/C10H15N5OS2/c1-7-9(18-15-12-7)10-14-13-8(17-10)3-4-11-5-6-16-2/h11H,3-6H2,1-2H3. The molecule has 2 aromatic heterocycles. The van der Waals surface area contributed by atoms with Gasteiger partial charge in [-0.25, -0.2) is 0 Å². The van der Waals surface area contributed by atoms with Crippen molar-refractivity contribution in [3.8, 4) is 9.88 Å². The molecule has 0 atom stereocenters. The zero-order valence-corrected chi connectivity index (χ0v) is 12.0. The zero-order valence-electron chi connectivity index (χ0n) is 10.3. The van der Waals surface area contributed by atoms with E-state index in [2.05, 4.69) is 25.1 Å². The minimum atomic E-state index is 0.729. The number of aryl methyl sites for hydroxylation is 1. The van der Waals surface area contributed by atoms with Crippen molar-refractivity contribution in [2.75, 3.05) is 26.8 Å². The molecule has 0 fully saturated rings. The van der Waals surface area contributed by atoms with Crippen molar-refractivity contribution in [1.29, 1.82) is 0 Å². The summed E-state index contributed by atoms with van der Waals surface area (Å²) in [6.45, 7) is 4.41. The zero-order chi connectivity index (χ0) is 12.8. The Bertz CT molecular complexity index is 484. The van der Waals surface area contributed by atoms with E-state index >= 15 is 0 Å². The minimum Gasteiger partial charge on any atom is -0.383 e. The van der Waals surface area contributed by atoms with Gasteiger partial charge in [-0.1, -0.05) is 15.8 Å². The lowest BCUT2D eigenvalue weighted by Gasteiger charge is -2.00. The molecule has 2 heterocycles. The average Bonchev–Trinajstić information content (AvgIpc) is 2.97. The monoisotopic (exact) mass is 285 g/mol. The van der Waals surface area contributed by atoms with E-state index in [4.69, 9.17) is 4.74 Å². The summed E-state index contributed by atoms with van der Waals surface area (Å²) in [7, 11) is 1.70. The molecule has 0 spiro atoms. The molecule has 0 unspecified atom stereocenters. The predicted molar refractivity (Wildman–Crippen MR) is 72.0 cm³/mol. The molecule has 0 bridgehead atoms. The first-order chi connectivity index (χ1) is 8.81. The van der Waals surface area contributed by atoms with E-state index in [1.54, 1.807) is 18.4 Å². The van der Waals surface area contributed by atoms with Crippen molar-refractivity contribution in [2.24, 2.45) is 0 Å². The second-order valence-corrected chi connectivity index (χ2v) is 5.50. The Morgan fingerprint density at radius 2 is 2.11 bits per heavy atom. The highest BCUT2D eigenvalue weighted by molar-refractivity contribution is 7.19. The van der Waals surface area contributed by atoms with Gasteiger partial charge >= 0.3 is 0 Å². The van der Waals surface area contributed by atoms with Gasteiger partial charge < -0.3 is 10.1 Å². The number of rotatable bonds is 7. The second-order valence-electron chi connectivity index (χ2n) is 3.68. The van der Waals surface area contributed by atoms with Gasteiger partial charge in [-0.05, 0) is 18.5 Å². The third-order valence-electron chi connectivity index (χ3n) is 2.31. The van der Waals surface area contributed by atoms with Crippen molar-refractivity contribution in [2.45, 2.75) is 13.3 Å². The molecule has 2 rings (SSSR count). The van der Waals surface area contributed by atoms with Crippen LogP contribution in [0.25, 0.3) is 9.88 Å². The Morgan fingerprint density at radius 3 is 2.83 bits per heavy atom. The van der Waals surface area contributed by atoms with Crippen LogP contribution in [0.4, 0.5) is 0 Å². The third-order valence-corrected chi connectivity index (χ3v) is 4.28. The third kappa shape index (κ3) is 3.52. The van der Waals surface area contributed by atoms with E-state index in [-0.39, 0.29) is 0 Å². The van der Waals surface area contributed by atoms with Crippen molar-refractivity contribution < 1.29 is 4.74 Å². The first kappa shape index (κ1) is 13.5. The summed E-state index contributed by atoms with van der Waals surface area (Å²) < 4.78 is 8.87. The van der Waals surface area contributed by atoms with Crippen LogP contribution < -0.4 is 5.32 Å². The summed E-state index contributed by atoms with van der Waals surface area (Å²) in [4.78, 5) is 1.02. The number of nitrogens with one attached hydrogen (secondary N) is 1. The molecule has 8 heteroatoms. The normalized spacial score (nSPS) is 11.0. The molecular weight excluding hydrogens is 270 g/mol. The van der Waals surface area contributed by atoms with Crippen LogP contribution in [-0.2, 0) is 11.2 Å². The van der Waals surface area contributed by atoms with Gasteiger partial charge in [-0.2, -0.15) is 0 Å². The molecule has 0 aliphatic heterocycles. The van der Waals surface area contributed by atoms with Gasteiger partial charge in [0.25, 0.3) is 0 Å². The summed E-state index contributed by atoms with van der Waals surface area (Å²) in [5, 5.41) is 17.6. The summed E-state index contributed by atoms with van der Waals surface area (Å²) >= 11 is 2.97. The Hall–Kier alpha value is -0.960. The van der Waals surface area contributed by atoms with Gasteiger partial charge in [-0.3, -0.25) is 0 Å². The molecule has 0 amide bonds. The predicted octanol–water partition coefficient (Wildman–Crippen LogP) is 1.14. The van der Waals surface area contributed by atoms with Gasteiger partial charge in [0.2, 0.25) is 0 Å². The first-order valence-electron chi connectivity index (χ1n) is 5.62. The fourth-order valence-electron chi connectivity index (χ4n) is 1.37. The van der Waals surface area contributed by atoms with Gasteiger partial charge in [0, 0.05) is 26.6 Å². The van der Waals surface area contributed by atoms with E-state index in [0.717, 1.165) is 46.7 Å². The van der Waals surface area contributed by atoms with Crippen LogP contribution >= 0.6 is 22.9 Å². The topological polar surface area (TPSA) is 72.8 Å². The lowest BCUT2D eigenvalue weighted by molar-refractivity contribution is 0.199. The SMILES string of the molecule is COCCNCCc1nnc(-c2snnc2C)s1. The maximum absolute atomic E-state index is 4.96. The van der Waals surface area contributed by atoms with E-state index in [0.29, 0.717) is 0 Å². The van der Waals surface area contributed by atoms with Crippen LogP contribution in [0, 0.1) is 6.92 Å². The van der Waals surface area contributed by atoms with E-state index in [9.17, 15) is 0 Å². The highest BCUT2D eigenvalue weighted by atomic mass is 32.1. The van der Waals surface area contributed by atoms with Gasteiger partial charge in [0.05, 0.1) is 12.3 Å². The van der Waals surface area contributed by atoms with Gasteiger partial charge in [0.15, 0.2) is 5.01 Å². The lowest BCUT2D eigenvalue weighted by atomic mass is 10.4. The highest BCUT2D eigenvalue weighted by Crippen LogP contribution is 2.28. The second kappa shape index (κ2) is 6.83. The molecule has 98 valence electrons. The number of aromatic nitrogens is 4. The Labute approximate surface area is 114 Å². The first-order valence-corrected chi connectivity index (χ1v) is 7.21. The fourth-order valence-corrected chi connectivity index (χ4v) is 2.97. The van der Waals surface area contributed by atoms with Crippen molar-refractivity contribution in [1.82, 2.24) is 25.1 Å². The Kier molecular flexibility index (Phi) is 5.12. The summed E-state index contributed by atoms with van der Waals surface area (Å²) in [6, 6.07) is 0. The molecular formula is C10H15N5OS2. The number of nitrogens with zero attached hydrogens (tertiary/aromatic N) is 4. The van der Waals surface area contributed by atoms with Crippen molar-refractivity contribution in [3.05, 3.63) is 10.7 Å². The summed E-state index contributed by atoms with van der Waals surface area (Å²) in [6.07, 6.45) is 0.882. The molecule has 1 N–H and O–H groups in total. The molecule has 6 nitrogen and oxygen atoms in total. The minimum absolute atomic E-state index is 0.729. The molecule has 0 aliphatic carbocycles. The molecule has 18 heavy (non-hydrogen) atoms. The smallest absolute Gasteiger partial charge is 0.161 e. The van der Waals surface area contributed by atoms with E-state index < -0.39 is 0 Å². The van der Waals surface area contributed by atoms with Crippen molar-refractivity contribution in [3.63, 3.8) is 0 Å². The van der Waals surface area contributed by atoms with Crippen molar-refractivity contribution >= 4 is 22.9 Å². The van der Waals surface area contributed by atoms with Crippen LogP contribution in [0.3, 0.4) is 0 Å². The van der Waals surface area contributed by atoms with Crippen LogP contribution in [0.15, 0.2) is 0 Å². The maximum Gasteiger partial charge on any atom is 0.161 e. The van der Waals surface area contributed by atoms with E-state index in [1.807, 2.05) is 6.92 Å². The molecule has 0 saturated heterocycles. The number of ether oxygens (including phenoxy) is 1. The van der Waals surface area contributed by atoms with Crippen LogP contribution in [0.2, 0.25) is 0 Å². The summed E-state index contributed by atoms with van der Waals surface area (Å²) in [5.41, 5.74) is 0.918. The Morgan fingerprint density at radius 1 is 1.22 bits per heavy atom. The molecule has 0 saturated carbocycles. The largest absolute Gasteiger partial charge is 0.383 e. The highest BCUT2D eigenvalue weighted by Gasteiger charge is 2.12. The van der Waals surface area contributed by atoms with E-state index in [1.165, 1.54) is 11.5 Å². The lowest BCUT2D eigenvalue weighted by Crippen LogP contribution is -2.21. The van der Waals surface area contributed by atoms with Gasteiger partial charge in [-0.15, -0.1) is 15.3 Å². The van der Waals surface area contributed by atoms with Gasteiger partial charge in [0.1, 0.15) is 9.88 Å². The van der Waals surface area contributed by atoms with Crippen LogP contribution in [0.5, 0.6) is 0 Å². The number of hydrogen-bond donors (Lipinski definition) is 1. The Balaban J connectivity index is 1.85. The van der Waals surface area contributed by atoms with Crippen LogP contribution in [0.1, 0.15) is 10.7 Å². The number of hydrogen-bond acceptors (Lipinski definition) is 8. The molecule has 0 radical (unpaired) electrons. The molecule has 0 aliphatic rings.